The summed E-state index contributed by atoms with van der Waals surface area (Å²) in [5, 5.41) is 9.98. The molecule has 1 unspecified atom stereocenters. The first-order valence-corrected chi connectivity index (χ1v) is 6.47. The quantitative estimate of drug-likeness (QED) is 0.733. The van der Waals surface area contributed by atoms with Crippen molar-refractivity contribution in [2.24, 2.45) is 0 Å². The van der Waals surface area contributed by atoms with Crippen LogP contribution in [0.15, 0.2) is 36.0 Å². The van der Waals surface area contributed by atoms with Crippen LogP contribution in [-0.4, -0.2) is 17.0 Å². The average Bonchev–Trinajstić information content (AvgIpc) is 2.57. The molecule has 0 saturated carbocycles. The van der Waals surface area contributed by atoms with E-state index >= 15 is 0 Å². The summed E-state index contributed by atoms with van der Waals surface area (Å²) >= 11 is 0. The summed E-state index contributed by atoms with van der Waals surface area (Å²) in [6, 6.07) is 0. The van der Waals surface area contributed by atoms with Crippen molar-refractivity contribution in [3.63, 3.8) is 0 Å². The molecule has 0 spiro atoms. The molecular weight excluding hydrogens is 212 g/mol. The number of rotatable bonds is 7. The van der Waals surface area contributed by atoms with Gasteiger partial charge in [-0.2, -0.15) is 0 Å². The lowest BCUT2D eigenvalue weighted by Gasteiger charge is -2.11. The first-order valence-electron chi connectivity index (χ1n) is 6.47. The Morgan fingerprint density at radius 2 is 2.24 bits per heavy atom. The van der Waals surface area contributed by atoms with Crippen molar-refractivity contribution in [1.82, 2.24) is 0 Å². The van der Waals surface area contributed by atoms with Gasteiger partial charge in [0.2, 0.25) is 0 Å². The molecular formula is C15H22O2. The van der Waals surface area contributed by atoms with Crippen molar-refractivity contribution < 1.29 is 9.90 Å². The maximum Gasteiger partial charge on any atom is 0.132 e. The lowest BCUT2D eigenvalue weighted by molar-refractivity contribution is -0.119. The van der Waals surface area contributed by atoms with E-state index in [1.807, 2.05) is 31.2 Å². The molecule has 1 rings (SSSR count). The summed E-state index contributed by atoms with van der Waals surface area (Å²) in [5.74, 6) is 0.312. The minimum atomic E-state index is -0.430. The molecule has 0 heterocycles. The van der Waals surface area contributed by atoms with Crippen LogP contribution < -0.4 is 0 Å². The van der Waals surface area contributed by atoms with Gasteiger partial charge in [0.25, 0.3) is 0 Å². The Hall–Kier alpha value is -1.15. The maximum atomic E-state index is 11.3. The highest BCUT2D eigenvalue weighted by atomic mass is 16.3. The highest BCUT2D eigenvalue weighted by molar-refractivity contribution is 5.78. The second-order valence-corrected chi connectivity index (χ2v) is 4.42. The van der Waals surface area contributed by atoms with Gasteiger partial charge in [0.05, 0.1) is 6.10 Å². The van der Waals surface area contributed by atoms with E-state index in [0.717, 1.165) is 24.8 Å². The molecule has 17 heavy (non-hydrogen) atoms. The standard InChI is InChI=1S/C15H22O2/c1-2-8-14(16)11-7-12-15(17)13-9-5-3-4-6-10-13/h3-5,9-10,15,17H,2,6-8,11-12H2,1H3. The molecule has 1 aliphatic carbocycles. The zero-order chi connectivity index (χ0) is 12.5. The first kappa shape index (κ1) is 13.9. The highest BCUT2D eigenvalue weighted by Crippen LogP contribution is 2.15. The van der Waals surface area contributed by atoms with Crippen LogP contribution in [0.4, 0.5) is 0 Å². The average molecular weight is 234 g/mol. The Kier molecular flexibility index (Phi) is 6.56. The minimum absolute atomic E-state index is 0.312. The Balaban J connectivity index is 2.27. The molecule has 0 aromatic rings. The van der Waals surface area contributed by atoms with E-state index in [1.165, 1.54) is 0 Å². The van der Waals surface area contributed by atoms with Crippen LogP contribution in [0.2, 0.25) is 0 Å². The third-order valence-corrected chi connectivity index (χ3v) is 2.87. The van der Waals surface area contributed by atoms with Crippen LogP contribution in [-0.2, 0) is 4.79 Å². The molecule has 0 fully saturated rings. The summed E-state index contributed by atoms with van der Waals surface area (Å²) in [7, 11) is 0. The molecule has 1 atom stereocenters. The number of hydrogen-bond acceptors (Lipinski definition) is 2. The number of aliphatic hydroxyl groups is 1. The summed E-state index contributed by atoms with van der Waals surface area (Å²) in [6.45, 7) is 2.01. The number of aliphatic hydroxyl groups excluding tert-OH is 1. The van der Waals surface area contributed by atoms with Crippen molar-refractivity contribution in [3.05, 3.63) is 36.0 Å². The predicted molar refractivity (Wildman–Crippen MR) is 70.8 cm³/mol. The van der Waals surface area contributed by atoms with Gasteiger partial charge in [-0.25, -0.2) is 0 Å². The highest BCUT2D eigenvalue weighted by Gasteiger charge is 2.09. The second kappa shape index (κ2) is 8.02. The van der Waals surface area contributed by atoms with Gasteiger partial charge < -0.3 is 5.11 Å². The molecule has 0 aliphatic heterocycles. The van der Waals surface area contributed by atoms with Crippen LogP contribution in [0.25, 0.3) is 0 Å². The van der Waals surface area contributed by atoms with E-state index < -0.39 is 6.10 Å². The van der Waals surface area contributed by atoms with E-state index in [-0.39, 0.29) is 0 Å². The second-order valence-electron chi connectivity index (χ2n) is 4.42. The number of carbonyl (C=O) groups excluding carboxylic acids is 1. The van der Waals surface area contributed by atoms with E-state index in [9.17, 15) is 9.90 Å². The minimum Gasteiger partial charge on any atom is -0.388 e. The first-order chi connectivity index (χ1) is 8.24. The number of Topliss-reactive ketones (excluding diaryl/α,β-unsaturated/α-hetero) is 1. The maximum absolute atomic E-state index is 11.3. The Bertz CT molecular complexity index is 324. The van der Waals surface area contributed by atoms with Crippen LogP contribution >= 0.6 is 0 Å². The number of hydrogen-bond donors (Lipinski definition) is 1. The van der Waals surface area contributed by atoms with Crippen molar-refractivity contribution in [3.8, 4) is 0 Å². The molecule has 2 heteroatoms. The van der Waals surface area contributed by atoms with Crippen molar-refractivity contribution in [2.75, 3.05) is 0 Å². The van der Waals surface area contributed by atoms with Crippen LogP contribution in [0.5, 0.6) is 0 Å². The van der Waals surface area contributed by atoms with Gasteiger partial charge >= 0.3 is 0 Å². The SMILES string of the molecule is CCCC(=O)CCCC(O)C1=CCC=CC=C1. The molecule has 0 radical (unpaired) electrons. The summed E-state index contributed by atoms with van der Waals surface area (Å²) < 4.78 is 0. The zero-order valence-electron chi connectivity index (χ0n) is 10.6. The largest absolute Gasteiger partial charge is 0.388 e. The smallest absolute Gasteiger partial charge is 0.132 e. The molecule has 1 N–H and O–H groups in total. The van der Waals surface area contributed by atoms with Gasteiger partial charge in [-0.1, -0.05) is 37.3 Å². The molecule has 1 aliphatic rings. The Morgan fingerprint density at radius 3 is 3.00 bits per heavy atom. The van der Waals surface area contributed by atoms with Gasteiger partial charge in [0, 0.05) is 12.8 Å². The molecule has 2 nitrogen and oxygen atoms in total. The van der Waals surface area contributed by atoms with Gasteiger partial charge in [-0.05, 0) is 31.3 Å². The topological polar surface area (TPSA) is 37.3 Å². The van der Waals surface area contributed by atoms with E-state index in [2.05, 4.69) is 6.08 Å². The lowest BCUT2D eigenvalue weighted by Crippen LogP contribution is -2.10. The zero-order valence-corrected chi connectivity index (χ0v) is 10.6. The molecule has 94 valence electrons. The predicted octanol–water partition coefficient (Wildman–Crippen LogP) is 3.33. The molecule has 0 saturated heterocycles. The normalized spacial score (nSPS) is 16.5. The summed E-state index contributed by atoms with van der Waals surface area (Å²) in [4.78, 5) is 11.3. The van der Waals surface area contributed by atoms with E-state index in [0.29, 0.717) is 25.0 Å². The number of carbonyl (C=O) groups is 1. The van der Waals surface area contributed by atoms with E-state index in [1.54, 1.807) is 0 Å². The number of ketones is 1. The van der Waals surface area contributed by atoms with Gasteiger partial charge in [0.15, 0.2) is 0 Å². The molecule has 0 aromatic carbocycles. The van der Waals surface area contributed by atoms with Gasteiger partial charge in [-0.15, -0.1) is 0 Å². The fraction of sp³-hybridized carbons (Fsp3) is 0.533. The molecule has 0 bridgehead atoms. The lowest BCUT2D eigenvalue weighted by atomic mass is 10.0. The summed E-state index contributed by atoms with van der Waals surface area (Å²) in [6.07, 6.45) is 14.1. The van der Waals surface area contributed by atoms with Crippen molar-refractivity contribution in [1.29, 1.82) is 0 Å². The monoisotopic (exact) mass is 234 g/mol. The van der Waals surface area contributed by atoms with Crippen LogP contribution in [0.1, 0.15) is 45.4 Å². The fourth-order valence-electron chi connectivity index (χ4n) is 1.91. The van der Waals surface area contributed by atoms with Gasteiger partial charge in [0.1, 0.15) is 5.78 Å². The van der Waals surface area contributed by atoms with Crippen LogP contribution in [0, 0.1) is 0 Å². The third kappa shape index (κ3) is 5.64. The molecule has 0 aromatic heterocycles. The Labute approximate surface area is 104 Å². The van der Waals surface area contributed by atoms with Crippen LogP contribution in [0.3, 0.4) is 0 Å². The van der Waals surface area contributed by atoms with Gasteiger partial charge in [-0.3, -0.25) is 4.79 Å². The van der Waals surface area contributed by atoms with E-state index in [4.69, 9.17) is 0 Å². The fourth-order valence-corrected chi connectivity index (χ4v) is 1.91. The van der Waals surface area contributed by atoms with Crippen molar-refractivity contribution >= 4 is 5.78 Å². The number of allylic oxidation sites excluding steroid dienone is 4. The van der Waals surface area contributed by atoms with Crippen molar-refractivity contribution in [2.45, 2.75) is 51.6 Å². The Morgan fingerprint density at radius 1 is 1.41 bits per heavy atom. The summed E-state index contributed by atoms with van der Waals surface area (Å²) in [5.41, 5.74) is 0.970. The third-order valence-electron chi connectivity index (χ3n) is 2.87. The molecule has 0 amide bonds.